The molecule has 0 aliphatic rings. The number of ether oxygens (including phenoxy) is 1. The number of aromatic amines is 1. The van der Waals surface area contributed by atoms with Crippen molar-refractivity contribution in [1.82, 2.24) is 4.98 Å². The van der Waals surface area contributed by atoms with Crippen LogP contribution in [0.25, 0.3) is 10.9 Å². The fraction of sp³-hybridized carbons (Fsp3) is 0.227. The van der Waals surface area contributed by atoms with E-state index in [1.807, 2.05) is 36.5 Å². The average molecular weight is 375 g/mol. The van der Waals surface area contributed by atoms with Gasteiger partial charge < -0.3 is 15.0 Å². The third-order valence-corrected chi connectivity index (χ3v) is 4.48. The highest BCUT2D eigenvalue weighted by Crippen LogP contribution is 2.19. The van der Waals surface area contributed by atoms with Crippen LogP contribution in [0, 0.1) is 11.3 Å². The van der Waals surface area contributed by atoms with E-state index in [0.29, 0.717) is 17.7 Å². The van der Waals surface area contributed by atoms with E-state index in [-0.39, 0.29) is 6.42 Å². The second-order valence-electron chi connectivity index (χ2n) is 6.49. The lowest BCUT2D eigenvalue weighted by atomic mass is 10.1. The third-order valence-electron chi connectivity index (χ3n) is 4.48. The molecule has 2 aromatic carbocycles. The number of para-hydroxylation sites is 2. The molecule has 0 radical (unpaired) electrons. The number of fused-ring (bicyclic) bond motifs is 1. The first kappa shape index (κ1) is 19.2. The zero-order chi connectivity index (χ0) is 19.9. The molecule has 1 amide bonds. The minimum absolute atomic E-state index is 0.228. The van der Waals surface area contributed by atoms with Gasteiger partial charge in [0, 0.05) is 23.5 Å². The van der Waals surface area contributed by atoms with Crippen molar-refractivity contribution in [3.8, 4) is 6.07 Å². The Morgan fingerprint density at radius 1 is 1.18 bits per heavy atom. The first-order valence-corrected chi connectivity index (χ1v) is 9.13. The molecule has 0 saturated carbocycles. The van der Waals surface area contributed by atoms with Crippen LogP contribution in [-0.2, 0) is 20.7 Å². The largest absolute Gasteiger partial charge is 0.453 e. The number of hydrogen-bond acceptors (Lipinski definition) is 4. The van der Waals surface area contributed by atoms with Crippen LogP contribution in [0.5, 0.6) is 0 Å². The lowest BCUT2D eigenvalue weighted by Crippen LogP contribution is -2.30. The standard InChI is InChI=1S/C22H21N3O3/c1-15(22(27)25-19-10-4-2-7-16(19)13-23)28-21(26)12-6-8-17-14-24-20-11-5-3-9-18(17)20/h2-5,7,9-11,14-15,24H,6,8,12H2,1H3,(H,25,27)/t15-/m1/s1. The van der Waals surface area contributed by atoms with Crippen LogP contribution in [0.2, 0.25) is 0 Å². The summed E-state index contributed by atoms with van der Waals surface area (Å²) in [6.07, 6.45) is 2.62. The molecule has 2 N–H and O–H groups in total. The monoisotopic (exact) mass is 375 g/mol. The molecule has 0 fully saturated rings. The third kappa shape index (κ3) is 4.57. The van der Waals surface area contributed by atoms with Crippen molar-refractivity contribution in [2.75, 3.05) is 5.32 Å². The lowest BCUT2D eigenvalue weighted by molar-refractivity contribution is -0.153. The van der Waals surface area contributed by atoms with Crippen LogP contribution in [0.4, 0.5) is 5.69 Å². The van der Waals surface area contributed by atoms with Gasteiger partial charge in [0.1, 0.15) is 6.07 Å². The maximum absolute atomic E-state index is 12.2. The number of H-pyrrole nitrogens is 1. The summed E-state index contributed by atoms with van der Waals surface area (Å²) in [6, 6.07) is 16.7. The number of amides is 1. The second kappa shape index (κ2) is 8.87. The number of aromatic nitrogens is 1. The number of nitrogens with one attached hydrogen (secondary N) is 2. The van der Waals surface area contributed by atoms with Gasteiger partial charge in [-0.1, -0.05) is 30.3 Å². The van der Waals surface area contributed by atoms with E-state index in [2.05, 4.69) is 10.3 Å². The number of carbonyl (C=O) groups is 2. The minimum atomic E-state index is -0.938. The predicted octanol–water partition coefficient (Wildman–Crippen LogP) is 3.93. The molecule has 1 aromatic heterocycles. The number of rotatable bonds is 7. The van der Waals surface area contributed by atoms with Gasteiger partial charge in [0.05, 0.1) is 11.3 Å². The Kier molecular flexibility index (Phi) is 6.07. The number of carbonyl (C=O) groups excluding carboxylic acids is 2. The Balaban J connectivity index is 1.47. The van der Waals surface area contributed by atoms with Gasteiger partial charge in [0.15, 0.2) is 6.10 Å². The van der Waals surface area contributed by atoms with Gasteiger partial charge in [-0.25, -0.2) is 0 Å². The predicted molar refractivity (Wildman–Crippen MR) is 107 cm³/mol. The fourth-order valence-electron chi connectivity index (χ4n) is 3.00. The second-order valence-corrected chi connectivity index (χ2v) is 6.49. The summed E-state index contributed by atoms with van der Waals surface area (Å²) in [5, 5.41) is 12.8. The van der Waals surface area contributed by atoms with Gasteiger partial charge >= 0.3 is 5.97 Å². The molecule has 0 aliphatic heterocycles. The van der Waals surface area contributed by atoms with Crippen LogP contribution in [0.3, 0.4) is 0 Å². The van der Waals surface area contributed by atoms with Crippen molar-refractivity contribution < 1.29 is 14.3 Å². The first-order valence-electron chi connectivity index (χ1n) is 9.13. The van der Waals surface area contributed by atoms with E-state index in [4.69, 9.17) is 10.00 Å². The molecule has 28 heavy (non-hydrogen) atoms. The molecule has 0 unspecified atom stereocenters. The van der Waals surface area contributed by atoms with Crippen molar-refractivity contribution in [2.24, 2.45) is 0 Å². The molecule has 6 nitrogen and oxygen atoms in total. The Hall–Kier alpha value is -3.59. The Bertz CT molecular complexity index is 1030. The number of esters is 1. The number of benzene rings is 2. The highest BCUT2D eigenvalue weighted by Gasteiger charge is 2.18. The molecular formula is C22H21N3O3. The highest BCUT2D eigenvalue weighted by molar-refractivity contribution is 5.96. The van der Waals surface area contributed by atoms with E-state index in [0.717, 1.165) is 22.9 Å². The molecule has 0 saturated heterocycles. The van der Waals surface area contributed by atoms with E-state index >= 15 is 0 Å². The van der Waals surface area contributed by atoms with Gasteiger partial charge in [-0.3, -0.25) is 9.59 Å². The Morgan fingerprint density at radius 3 is 2.75 bits per heavy atom. The molecule has 3 rings (SSSR count). The van der Waals surface area contributed by atoms with Gasteiger partial charge in [-0.2, -0.15) is 5.26 Å². The lowest BCUT2D eigenvalue weighted by Gasteiger charge is -2.14. The summed E-state index contributed by atoms with van der Waals surface area (Å²) in [5.41, 5.74) is 2.98. The topological polar surface area (TPSA) is 95.0 Å². The van der Waals surface area contributed by atoms with Crippen molar-refractivity contribution >= 4 is 28.5 Å². The van der Waals surface area contributed by atoms with E-state index in [1.165, 1.54) is 6.92 Å². The summed E-state index contributed by atoms with van der Waals surface area (Å²) in [4.78, 5) is 27.5. The number of anilines is 1. The molecule has 0 aliphatic carbocycles. The summed E-state index contributed by atoms with van der Waals surface area (Å²) in [6.45, 7) is 1.52. The van der Waals surface area contributed by atoms with Gasteiger partial charge in [0.25, 0.3) is 5.91 Å². The summed E-state index contributed by atoms with van der Waals surface area (Å²) < 4.78 is 5.22. The van der Waals surface area contributed by atoms with Crippen molar-refractivity contribution in [3.05, 3.63) is 65.9 Å². The maximum Gasteiger partial charge on any atom is 0.306 e. The molecule has 3 aromatic rings. The summed E-state index contributed by atoms with van der Waals surface area (Å²) >= 11 is 0. The van der Waals surface area contributed by atoms with Crippen molar-refractivity contribution in [3.63, 3.8) is 0 Å². The molecule has 1 heterocycles. The molecular weight excluding hydrogens is 354 g/mol. The normalized spacial score (nSPS) is 11.6. The average Bonchev–Trinajstić information content (AvgIpc) is 3.11. The zero-order valence-electron chi connectivity index (χ0n) is 15.6. The van der Waals surface area contributed by atoms with E-state index in [9.17, 15) is 9.59 Å². The van der Waals surface area contributed by atoms with Gasteiger partial charge in [-0.05, 0) is 43.5 Å². The van der Waals surface area contributed by atoms with Gasteiger partial charge in [-0.15, -0.1) is 0 Å². The number of nitrogens with zero attached hydrogens (tertiary/aromatic N) is 1. The molecule has 0 bridgehead atoms. The van der Waals surface area contributed by atoms with Crippen LogP contribution in [0.15, 0.2) is 54.7 Å². The van der Waals surface area contributed by atoms with Crippen LogP contribution < -0.4 is 5.32 Å². The van der Waals surface area contributed by atoms with Gasteiger partial charge in [0.2, 0.25) is 0 Å². The zero-order valence-corrected chi connectivity index (χ0v) is 15.6. The molecule has 0 spiro atoms. The first-order chi connectivity index (χ1) is 13.6. The Morgan fingerprint density at radius 2 is 1.93 bits per heavy atom. The smallest absolute Gasteiger partial charge is 0.306 e. The van der Waals surface area contributed by atoms with Crippen molar-refractivity contribution in [2.45, 2.75) is 32.3 Å². The minimum Gasteiger partial charge on any atom is -0.453 e. The SMILES string of the molecule is C[C@@H](OC(=O)CCCc1c[nH]c2ccccc12)C(=O)Nc1ccccc1C#N. The molecule has 1 atom stereocenters. The Labute approximate surface area is 163 Å². The van der Waals surface area contributed by atoms with E-state index < -0.39 is 18.0 Å². The number of nitriles is 1. The summed E-state index contributed by atoms with van der Waals surface area (Å²) in [5.74, 6) is -0.885. The van der Waals surface area contributed by atoms with Crippen molar-refractivity contribution in [1.29, 1.82) is 5.26 Å². The van der Waals surface area contributed by atoms with Crippen LogP contribution in [-0.4, -0.2) is 23.0 Å². The molecule has 6 heteroatoms. The van der Waals surface area contributed by atoms with E-state index in [1.54, 1.807) is 24.3 Å². The number of hydrogen-bond donors (Lipinski definition) is 2. The highest BCUT2D eigenvalue weighted by atomic mass is 16.5. The summed E-state index contributed by atoms with van der Waals surface area (Å²) in [7, 11) is 0. The van der Waals surface area contributed by atoms with Crippen LogP contribution >= 0.6 is 0 Å². The quantitative estimate of drug-likeness (QED) is 0.612. The molecule has 142 valence electrons. The number of aryl methyl sites for hydroxylation is 1. The fourth-order valence-corrected chi connectivity index (χ4v) is 3.00. The maximum atomic E-state index is 12.2. The van der Waals surface area contributed by atoms with Crippen LogP contribution in [0.1, 0.15) is 30.9 Å².